The SMILES string of the molecule is CCOc1ccc(C2=NN3[C@H](C2)c2cc(Cl)ccc2O[C@@H]3c2cccs2)cc1. The minimum absolute atomic E-state index is 0.108. The second-order valence-corrected chi connectivity index (χ2v) is 8.19. The molecule has 2 aliphatic rings. The molecule has 28 heavy (non-hydrogen) atoms. The van der Waals surface area contributed by atoms with Gasteiger partial charge in [0.1, 0.15) is 11.5 Å². The van der Waals surface area contributed by atoms with Crippen molar-refractivity contribution >= 4 is 28.6 Å². The molecule has 0 radical (unpaired) electrons. The van der Waals surface area contributed by atoms with Crippen molar-refractivity contribution in [2.24, 2.45) is 5.10 Å². The molecular weight excluding hydrogens is 392 g/mol. The fourth-order valence-electron chi connectivity index (χ4n) is 3.76. The van der Waals surface area contributed by atoms with Crippen molar-refractivity contribution in [1.82, 2.24) is 5.01 Å². The van der Waals surface area contributed by atoms with E-state index in [1.807, 2.05) is 43.3 Å². The van der Waals surface area contributed by atoms with Gasteiger partial charge in [-0.2, -0.15) is 5.10 Å². The smallest absolute Gasteiger partial charge is 0.222 e. The highest BCUT2D eigenvalue weighted by Crippen LogP contribution is 2.48. The van der Waals surface area contributed by atoms with Gasteiger partial charge in [0, 0.05) is 17.0 Å². The molecule has 6 heteroatoms. The van der Waals surface area contributed by atoms with Crippen molar-refractivity contribution in [3.63, 3.8) is 0 Å². The summed E-state index contributed by atoms with van der Waals surface area (Å²) in [6.45, 7) is 2.65. The molecule has 2 aromatic carbocycles. The molecule has 0 saturated heterocycles. The van der Waals surface area contributed by atoms with Crippen LogP contribution < -0.4 is 9.47 Å². The van der Waals surface area contributed by atoms with Crippen LogP contribution in [-0.2, 0) is 0 Å². The van der Waals surface area contributed by atoms with Crippen LogP contribution in [0.3, 0.4) is 0 Å². The van der Waals surface area contributed by atoms with Gasteiger partial charge in [-0.1, -0.05) is 17.7 Å². The van der Waals surface area contributed by atoms with Gasteiger partial charge >= 0.3 is 0 Å². The van der Waals surface area contributed by atoms with E-state index < -0.39 is 0 Å². The maximum atomic E-state index is 6.33. The standard InChI is InChI=1S/C22H19ClN2O2S/c1-2-26-16-8-5-14(6-9-16)18-13-19-17-12-15(23)7-10-20(17)27-22(25(19)24-18)21-4-3-11-28-21/h3-12,19,22H,2,13H2,1H3/t19-,22-/m1/s1. The Kier molecular flexibility index (Phi) is 4.49. The Morgan fingerprint density at radius 2 is 2.07 bits per heavy atom. The second kappa shape index (κ2) is 7.15. The van der Waals surface area contributed by atoms with Crippen molar-refractivity contribution in [2.75, 3.05) is 6.61 Å². The van der Waals surface area contributed by atoms with Gasteiger partial charge in [-0.05, 0) is 66.4 Å². The summed E-state index contributed by atoms with van der Waals surface area (Å²) < 4.78 is 11.9. The summed E-state index contributed by atoms with van der Waals surface area (Å²) in [6.07, 6.45) is 0.589. The lowest BCUT2D eigenvalue weighted by molar-refractivity contribution is -0.0165. The van der Waals surface area contributed by atoms with Crippen LogP contribution in [0.15, 0.2) is 65.1 Å². The highest BCUT2D eigenvalue weighted by molar-refractivity contribution is 7.10. The van der Waals surface area contributed by atoms with Gasteiger partial charge in [-0.15, -0.1) is 11.3 Å². The van der Waals surface area contributed by atoms with Crippen LogP contribution in [-0.4, -0.2) is 17.3 Å². The van der Waals surface area contributed by atoms with Crippen LogP contribution in [0.25, 0.3) is 0 Å². The largest absolute Gasteiger partial charge is 0.494 e. The van der Waals surface area contributed by atoms with E-state index in [9.17, 15) is 0 Å². The Morgan fingerprint density at radius 3 is 2.82 bits per heavy atom. The summed E-state index contributed by atoms with van der Waals surface area (Å²) in [4.78, 5) is 1.14. The van der Waals surface area contributed by atoms with Gasteiger partial charge in [-0.3, -0.25) is 0 Å². The molecule has 0 unspecified atom stereocenters. The first-order valence-electron chi connectivity index (χ1n) is 9.31. The summed E-state index contributed by atoms with van der Waals surface area (Å²) in [6, 6.07) is 18.2. The molecule has 2 atom stereocenters. The van der Waals surface area contributed by atoms with Crippen LogP contribution in [0.4, 0.5) is 0 Å². The summed E-state index contributed by atoms with van der Waals surface area (Å²) in [5, 5.41) is 9.83. The fraction of sp³-hybridized carbons (Fsp3) is 0.227. The Balaban J connectivity index is 1.53. The zero-order valence-electron chi connectivity index (χ0n) is 15.3. The van der Waals surface area contributed by atoms with E-state index in [0.29, 0.717) is 11.6 Å². The third-order valence-electron chi connectivity index (χ3n) is 5.04. The van der Waals surface area contributed by atoms with Crippen molar-refractivity contribution in [3.8, 4) is 11.5 Å². The number of thiophene rings is 1. The Morgan fingerprint density at radius 1 is 1.21 bits per heavy atom. The molecule has 1 aromatic heterocycles. The van der Waals surface area contributed by atoms with E-state index >= 15 is 0 Å². The van der Waals surface area contributed by atoms with Gasteiger partial charge < -0.3 is 9.47 Å². The Labute approximate surface area is 173 Å². The number of halogens is 1. The van der Waals surface area contributed by atoms with Gasteiger partial charge in [-0.25, -0.2) is 5.01 Å². The van der Waals surface area contributed by atoms with Crippen molar-refractivity contribution in [2.45, 2.75) is 25.6 Å². The van der Waals surface area contributed by atoms with Gasteiger partial charge in [0.2, 0.25) is 6.23 Å². The van der Waals surface area contributed by atoms with Crippen molar-refractivity contribution < 1.29 is 9.47 Å². The van der Waals surface area contributed by atoms with Crippen LogP contribution >= 0.6 is 22.9 Å². The lowest BCUT2D eigenvalue weighted by Gasteiger charge is -2.37. The number of hydrazone groups is 1. The van der Waals surface area contributed by atoms with E-state index in [-0.39, 0.29) is 12.3 Å². The first kappa shape index (κ1) is 17.6. The molecule has 0 saturated carbocycles. The first-order chi connectivity index (χ1) is 13.7. The third kappa shape index (κ3) is 3.05. The summed E-state index contributed by atoms with van der Waals surface area (Å²) >= 11 is 7.96. The molecule has 3 aromatic rings. The normalized spacial score (nSPS) is 20.2. The fourth-order valence-corrected chi connectivity index (χ4v) is 4.69. The van der Waals surface area contributed by atoms with E-state index in [1.165, 1.54) is 0 Å². The number of hydrogen-bond acceptors (Lipinski definition) is 5. The van der Waals surface area contributed by atoms with E-state index in [2.05, 4.69) is 28.6 Å². The van der Waals surface area contributed by atoms with Crippen LogP contribution in [0.2, 0.25) is 5.02 Å². The number of nitrogens with zero attached hydrogens (tertiary/aromatic N) is 2. The average molecular weight is 411 g/mol. The number of benzene rings is 2. The van der Waals surface area contributed by atoms with Crippen molar-refractivity contribution in [3.05, 3.63) is 81.0 Å². The van der Waals surface area contributed by atoms with Crippen LogP contribution in [0.1, 0.15) is 41.6 Å². The number of fused-ring (bicyclic) bond motifs is 3. The van der Waals surface area contributed by atoms with E-state index in [0.717, 1.165) is 39.6 Å². The molecule has 142 valence electrons. The number of ether oxygens (including phenoxy) is 2. The first-order valence-corrected chi connectivity index (χ1v) is 10.6. The zero-order valence-corrected chi connectivity index (χ0v) is 16.9. The maximum Gasteiger partial charge on any atom is 0.222 e. The predicted octanol–water partition coefficient (Wildman–Crippen LogP) is 6.04. The lowest BCUT2D eigenvalue weighted by Crippen LogP contribution is -2.33. The monoisotopic (exact) mass is 410 g/mol. The van der Waals surface area contributed by atoms with Gasteiger partial charge in [0.15, 0.2) is 0 Å². The summed E-state index contributed by atoms with van der Waals surface area (Å²) in [5.74, 6) is 1.76. The highest BCUT2D eigenvalue weighted by Gasteiger charge is 2.41. The maximum absolute atomic E-state index is 6.33. The minimum atomic E-state index is -0.223. The molecule has 5 rings (SSSR count). The predicted molar refractivity (Wildman–Crippen MR) is 112 cm³/mol. The molecule has 3 heterocycles. The third-order valence-corrected chi connectivity index (χ3v) is 6.18. The summed E-state index contributed by atoms with van der Waals surface area (Å²) in [5.41, 5.74) is 3.24. The molecule has 0 aliphatic carbocycles. The number of hydrogen-bond donors (Lipinski definition) is 0. The van der Waals surface area contributed by atoms with Crippen molar-refractivity contribution in [1.29, 1.82) is 0 Å². The Hall–Kier alpha value is -2.50. The molecule has 0 bridgehead atoms. The molecule has 0 spiro atoms. The van der Waals surface area contributed by atoms with E-state index in [1.54, 1.807) is 11.3 Å². The molecule has 0 amide bonds. The zero-order chi connectivity index (χ0) is 19.1. The van der Waals surface area contributed by atoms with E-state index in [4.69, 9.17) is 26.2 Å². The molecule has 2 aliphatic heterocycles. The topological polar surface area (TPSA) is 34.1 Å². The number of rotatable bonds is 4. The average Bonchev–Trinajstić information content (AvgIpc) is 3.39. The molecule has 0 N–H and O–H groups in total. The highest BCUT2D eigenvalue weighted by atomic mass is 35.5. The van der Waals surface area contributed by atoms with Crippen LogP contribution in [0, 0.1) is 0 Å². The van der Waals surface area contributed by atoms with Gasteiger partial charge in [0.05, 0.1) is 23.2 Å². The lowest BCUT2D eigenvalue weighted by atomic mass is 9.96. The molecule has 4 nitrogen and oxygen atoms in total. The minimum Gasteiger partial charge on any atom is -0.494 e. The van der Waals surface area contributed by atoms with Crippen LogP contribution in [0.5, 0.6) is 11.5 Å². The molecular formula is C22H19ClN2O2S. The second-order valence-electron chi connectivity index (χ2n) is 6.77. The summed E-state index contributed by atoms with van der Waals surface area (Å²) in [7, 11) is 0. The quantitative estimate of drug-likeness (QED) is 0.525. The van der Waals surface area contributed by atoms with Gasteiger partial charge in [0.25, 0.3) is 0 Å². The molecule has 0 fully saturated rings. The Bertz CT molecular complexity index is 1020.